The summed E-state index contributed by atoms with van der Waals surface area (Å²) in [6.07, 6.45) is 6.09. The van der Waals surface area contributed by atoms with Crippen molar-refractivity contribution in [3.05, 3.63) is 90.4 Å². The number of nitrogens with one attached hydrogen (secondary N) is 3. The molecule has 1 amide bonds. The van der Waals surface area contributed by atoms with Gasteiger partial charge in [-0.05, 0) is 46.1 Å². The summed E-state index contributed by atoms with van der Waals surface area (Å²) in [5.41, 5.74) is 4.46. The number of likely N-dealkylation sites (N-methyl/N-ethyl adjacent to an activating group) is 1. The van der Waals surface area contributed by atoms with Gasteiger partial charge in [0.2, 0.25) is 11.8 Å². The highest BCUT2D eigenvalue weighted by Crippen LogP contribution is 2.29. The minimum Gasteiger partial charge on any atom is -0.435 e. The van der Waals surface area contributed by atoms with Gasteiger partial charge in [-0.15, -0.1) is 0 Å². The predicted molar refractivity (Wildman–Crippen MR) is 163 cm³/mol. The summed E-state index contributed by atoms with van der Waals surface area (Å²) in [6, 6.07) is 17.7. The first-order valence-corrected chi connectivity index (χ1v) is 14.2. The second-order valence-corrected chi connectivity index (χ2v) is 10.6. The average molecular weight is 567 g/mol. The molecule has 0 aliphatic carbocycles. The van der Waals surface area contributed by atoms with Gasteiger partial charge in [-0.25, -0.2) is 15.0 Å². The summed E-state index contributed by atoms with van der Waals surface area (Å²) in [6.45, 7) is 5.11. The monoisotopic (exact) mass is 566 g/mol. The van der Waals surface area contributed by atoms with Gasteiger partial charge < -0.3 is 24.6 Å². The number of aromatic amines is 2. The number of nitrogens with zero attached hydrogens (tertiary/aromatic N) is 5. The maximum atomic E-state index is 13.7. The van der Waals surface area contributed by atoms with Crippen LogP contribution in [0.15, 0.2) is 77.6 Å². The third kappa shape index (κ3) is 6.35. The van der Waals surface area contributed by atoms with Crippen molar-refractivity contribution in [1.82, 2.24) is 40.0 Å². The van der Waals surface area contributed by atoms with Crippen LogP contribution in [0.4, 0.5) is 0 Å². The fourth-order valence-electron chi connectivity index (χ4n) is 4.95. The molecule has 0 unspecified atom stereocenters. The summed E-state index contributed by atoms with van der Waals surface area (Å²) in [5.74, 6) is 2.67. The van der Waals surface area contributed by atoms with Crippen LogP contribution in [0.25, 0.3) is 34.2 Å². The smallest absolute Gasteiger partial charge is 0.245 e. The molecule has 0 aliphatic rings. The minimum absolute atomic E-state index is 0.0362. The van der Waals surface area contributed by atoms with Gasteiger partial charge in [0.15, 0.2) is 5.76 Å². The quantitative estimate of drug-likeness (QED) is 0.184. The van der Waals surface area contributed by atoms with Crippen LogP contribution in [0.5, 0.6) is 0 Å². The molecule has 10 nitrogen and oxygen atoms in total. The molecule has 0 fully saturated rings. The Morgan fingerprint density at radius 3 is 2.45 bits per heavy atom. The average Bonchev–Trinajstić information content (AvgIpc) is 3.78. The van der Waals surface area contributed by atoms with Gasteiger partial charge in [0.1, 0.15) is 23.4 Å². The van der Waals surface area contributed by atoms with E-state index in [9.17, 15) is 4.79 Å². The lowest BCUT2D eigenvalue weighted by molar-refractivity contribution is -0.137. The maximum Gasteiger partial charge on any atom is 0.245 e. The van der Waals surface area contributed by atoms with Crippen molar-refractivity contribution in [2.45, 2.75) is 38.9 Å². The zero-order valence-electron chi connectivity index (χ0n) is 24.8. The van der Waals surface area contributed by atoms with E-state index in [-0.39, 0.29) is 18.0 Å². The highest BCUT2D eigenvalue weighted by Gasteiger charge is 2.28. The largest absolute Gasteiger partial charge is 0.435 e. The van der Waals surface area contributed by atoms with E-state index in [0.717, 1.165) is 34.6 Å². The molecule has 2 aromatic carbocycles. The summed E-state index contributed by atoms with van der Waals surface area (Å²) >= 11 is 0. The van der Waals surface area contributed by atoms with Crippen LogP contribution in [-0.2, 0) is 11.3 Å². The summed E-state index contributed by atoms with van der Waals surface area (Å²) in [4.78, 5) is 37.7. The highest BCUT2D eigenvalue weighted by atomic mass is 16.4. The molecule has 3 aromatic heterocycles. The maximum absolute atomic E-state index is 13.7. The molecule has 3 N–H and O–H groups in total. The van der Waals surface area contributed by atoms with Crippen molar-refractivity contribution < 1.29 is 9.21 Å². The third-order valence-electron chi connectivity index (χ3n) is 7.27. The fraction of sp³-hybridized carbons (Fsp3) is 0.312. The van der Waals surface area contributed by atoms with E-state index in [2.05, 4.69) is 44.1 Å². The molecular formula is C32H38N8O2. The van der Waals surface area contributed by atoms with E-state index in [4.69, 9.17) is 4.42 Å². The summed E-state index contributed by atoms with van der Waals surface area (Å²) in [7, 11) is 5.76. The lowest BCUT2D eigenvalue weighted by Gasteiger charge is -2.30. The number of oxazole rings is 1. The minimum atomic E-state index is -0.377. The Kier molecular flexibility index (Phi) is 8.94. The fourth-order valence-corrected chi connectivity index (χ4v) is 4.95. The number of rotatable bonds is 12. The Balaban J connectivity index is 1.32. The van der Waals surface area contributed by atoms with Crippen molar-refractivity contribution in [3.8, 4) is 34.2 Å². The van der Waals surface area contributed by atoms with Crippen molar-refractivity contribution in [2.75, 3.05) is 27.7 Å². The number of carbonyl (C=O) groups is 1. The molecule has 10 heteroatoms. The Morgan fingerprint density at radius 1 is 0.952 bits per heavy atom. The van der Waals surface area contributed by atoms with Crippen LogP contribution >= 0.6 is 0 Å². The number of aromatic nitrogens is 5. The van der Waals surface area contributed by atoms with Gasteiger partial charge in [0.25, 0.3) is 0 Å². The van der Waals surface area contributed by atoms with Crippen LogP contribution in [0, 0.1) is 0 Å². The first kappa shape index (κ1) is 29.0. The molecule has 5 aromatic rings. The molecule has 0 aliphatic heterocycles. The first-order chi connectivity index (χ1) is 20.4. The Morgan fingerprint density at radius 2 is 1.71 bits per heavy atom. The van der Waals surface area contributed by atoms with Crippen LogP contribution < -0.4 is 5.32 Å². The van der Waals surface area contributed by atoms with Crippen LogP contribution in [0.1, 0.15) is 49.6 Å². The molecular weight excluding hydrogens is 528 g/mol. The van der Waals surface area contributed by atoms with Gasteiger partial charge >= 0.3 is 0 Å². The lowest BCUT2D eigenvalue weighted by Crippen LogP contribution is -2.40. The topological polar surface area (TPSA) is 119 Å². The number of H-pyrrole nitrogens is 2. The van der Waals surface area contributed by atoms with E-state index in [0.29, 0.717) is 36.3 Å². The molecule has 3 heterocycles. The molecule has 0 radical (unpaired) electrons. The van der Waals surface area contributed by atoms with Gasteiger partial charge in [-0.2, -0.15) is 0 Å². The number of hydrogen-bond donors (Lipinski definition) is 3. The second kappa shape index (κ2) is 13.0. The number of amides is 1. The molecule has 218 valence electrons. The normalized spacial score (nSPS) is 12.9. The van der Waals surface area contributed by atoms with E-state index >= 15 is 0 Å². The third-order valence-corrected chi connectivity index (χ3v) is 7.27. The van der Waals surface area contributed by atoms with Gasteiger partial charge in [0, 0.05) is 17.7 Å². The molecule has 0 saturated carbocycles. The molecule has 5 rings (SSSR count). The van der Waals surface area contributed by atoms with E-state index < -0.39 is 0 Å². The molecule has 0 bridgehead atoms. The first-order valence-electron chi connectivity index (χ1n) is 14.2. The van der Waals surface area contributed by atoms with Crippen molar-refractivity contribution >= 4 is 5.91 Å². The van der Waals surface area contributed by atoms with Crippen LogP contribution in [0.3, 0.4) is 0 Å². The number of imidazole rings is 2. The SMILES string of the molecule is CCCN(Cc1ncc(-c2ncc(-c3cccc(-c4cnc([C@H](C)NC)[nH]4)c3)o2)[nH]1)C(=O)[C@@H](c1ccccc1)N(C)C. The molecule has 0 spiro atoms. The van der Waals surface area contributed by atoms with Crippen molar-refractivity contribution in [1.29, 1.82) is 0 Å². The Bertz CT molecular complexity index is 1600. The second-order valence-electron chi connectivity index (χ2n) is 10.6. The summed E-state index contributed by atoms with van der Waals surface area (Å²) < 4.78 is 6.14. The lowest BCUT2D eigenvalue weighted by atomic mass is 10.0. The molecule has 0 saturated heterocycles. The van der Waals surface area contributed by atoms with Gasteiger partial charge in [-0.3, -0.25) is 9.69 Å². The van der Waals surface area contributed by atoms with Gasteiger partial charge in [0.05, 0.1) is 36.9 Å². The number of carbonyl (C=O) groups excluding carboxylic acids is 1. The van der Waals surface area contributed by atoms with Gasteiger partial charge in [-0.1, -0.05) is 55.5 Å². The summed E-state index contributed by atoms with van der Waals surface area (Å²) in [5, 5.41) is 3.19. The molecule has 2 atom stereocenters. The van der Waals surface area contributed by atoms with Crippen LogP contribution in [-0.4, -0.2) is 68.3 Å². The van der Waals surface area contributed by atoms with E-state index in [1.54, 1.807) is 12.4 Å². The molecule has 42 heavy (non-hydrogen) atoms. The standard InChI is InChI=1S/C32H38N8O2/c1-6-15-40(32(41)29(39(4)5)22-11-8-7-9-12-22)20-28-34-18-26(37-28)31-36-19-27(42-31)24-14-10-13-23(16-24)25-17-35-30(38-25)21(2)33-3/h7-14,16-19,21,29,33H,6,15,20H2,1-5H3,(H,34,37)(H,35,38)/t21-,29+/m0/s1. The van der Waals surface area contributed by atoms with Crippen LogP contribution in [0.2, 0.25) is 0 Å². The zero-order valence-corrected chi connectivity index (χ0v) is 24.8. The van der Waals surface area contributed by atoms with Crippen molar-refractivity contribution in [3.63, 3.8) is 0 Å². The zero-order chi connectivity index (χ0) is 29.6. The Labute approximate surface area is 246 Å². The van der Waals surface area contributed by atoms with E-state index in [1.807, 2.05) is 91.7 Å². The highest BCUT2D eigenvalue weighted by molar-refractivity contribution is 5.83. The predicted octanol–water partition coefficient (Wildman–Crippen LogP) is 5.44. The number of hydrogen-bond acceptors (Lipinski definition) is 7. The van der Waals surface area contributed by atoms with Crippen molar-refractivity contribution in [2.24, 2.45) is 0 Å². The van der Waals surface area contributed by atoms with E-state index in [1.165, 1.54) is 0 Å². The number of benzene rings is 2. The Hall–Kier alpha value is -4.54.